The highest BCUT2D eigenvalue weighted by Gasteiger charge is 1.99. The standard InChI is InChI=1S/C8H6.CH2Si/c1-2-4-8-6-5-7(8)3-1;1-2/h1-6H;1H2. The van der Waals surface area contributed by atoms with Gasteiger partial charge in [-0.2, -0.15) is 0 Å². The van der Waals surface area contributed by atoms with Crippen molar-refractivity contribution < 1.29 is 0 Å². The first kappa shape index (κ1) is 7.16. The van der Waals surface area contributed by atoms with Gasteiger partial charge < -0.3 is 0 Å². The second-order valence-corrected chi connectivity index (χ2v) is 1.96. The third kappa shape index (κ3) is 1.14. The minimum Gasteiger partial charge on any atom is -0.118 e. The highest BCUT2D eigenvalue weighted by molar-refractivity contribution is 6.18. The van der Waals surface area contributed by atoms with Gasteiger partial charge in [0.25, 0.3) is 0 Å². The lowest BCUT2D eigenvalue weighted by molar-refractivity contribution is 1.58. The molecule has 2 rings (SSSR count). The molecule has 0 aromatic heterocycles. The molecule has 10 heavy (non-hydrogen) atoms. The molecule has 0 saturated heterocycles. The molecule has 1 aliphatic rings. The topological polar surface area (TPSA) is 0 Å². The summed E-state index contributed by atoms with van der Waals surface area (Å²) in [5.74, 6) is 0. The van der Waals surface area contributed by atoms with E-state index in [1.807, 2.05) is 0 Å². The van der Waals surface area contributed by atoms with E-state index in [4.69, 9.17) is 0 Å². The fourth-order valence-corrected chi connectivity index (χ4v) is 0.898. The lowest BCUT2D eigenvalue weighted by atomic mass is 9.99. The van der Waals surface area contributed by atoms with Crippen LogP contribution in [0.15, 0.2) is 24.3 Å². The van der Waals surface area contributed by atoms with E-state index in [2.05, 4.69) is 52.4 Å². The molecule has 0 bridgehead atoms. The third-order valence-corrected chi connectivity index (χ3v) is 1.44. The largest absolute Gasteiger partial charge is 0.118 e. The Morgan fingerprint density at radius 1 is 0.900 bits per heavy atom. The fourth-order valence-electron chi connectivity index (χ4n) is 0.898. The van der Waals surface area contributed by atoms with E-state index in [0.717, 1.165) is 0 Å². The molecule has 1 aromatic rings. The Morgan fingerprint density at radius 2 is 1.30 bits per heavy atom. The first-order valence-electron chi connectivity index (χ1n) is 3.09. The highest BCUT2D eigenvalue weighted by atomic mass is 28.1. The molecule has 0 atom stereocenters. The number of benzene rings is 1. The molecule has 0 amide bonds. The zero-order valence-electron chi connectivity index (χ0n) is 5.67. The molecule has 0 N–H and O–H groups in total. The maximum atomic E-state index is 3.06. The van der Waals surface area contributed by atoms with Crippen LogP contribution >= 0.6 is 0 Å². The van der Waals surface area contributed by atoms with Crippen LogP contribution in [0.3, 0.4) is 0 Å². The zero-order chi connectivity index (χ0) is 7.40. The summed E-state index contributed by atoms with van der Waals surface area (Å²) in [4.78, 5) is 0. The maximum absolute atomic E-state index is 3.06. The van der Waals surface area contributed by atoms with Gasteiger partial charge in [-0.1, -0.05) is 36.4 Å². The normalized spacial score (nSPS) is 10.4. The summed E-state index contributed by atoms with van der Waals surface area (Å²) in [6.07, 6.45) is 7.30. The van der Waals surface area contributed by atoms with Crippen LogP contribution in [0.4, 0.5) is 0 Å². The highest BCUT2D eigenvalue weighted by Crippen LogP contribution is 2.21. The summed E-state index contributed by atoms with van der Waals surface area (Å²) >= 11 is 0. The zero-order valence-corrected chi connectivity index (χ0v) is 6.67. The molecule has 0 fully saturated rings. The molecule has 48 valence electrons. The Labute approximate surface area is 64.2 Å². The molecule has 0 heterocycles. The van der Waals surface area contributed by atoms with Crippen molar-refractivity contribution in [3.63, 3.8) is 0 Å². The minimum atomic E-state index is 1.37. The van der Waals surface area contributed by atoms with E-state index in [-0.39, 0.29) is 0 Å². The second kappa shape index (κ2) is 3.27. The van der Waals surface area contributed by atoms with Crippen molar-refractivity contribution >= 4 is 28.2 Å². The summed E-state index contributed by atoms with van der Waals surface area (Å²) in [6.45, 7) is 0. The Bertz CT molecular complexity index is 226. The quantitative estimate of drug-likeness (QED) is 0.494. The lowest BCUT2D eigenvalue weighted by Crippen LogP contribution is -1.85. The predicted molar refractivity (Wildman–Crippen MR) is 48.2 cm³/mol. The van der Waals surface area contributed by atoms with Gasteiger partial charge in [0.1, 0.15) is 0 Å². The molecule has 0 nitrogen and oxygen atoms in total. The molecule has 0 aliphatic heterocycles. The molecule has 2 radical (unpaired) electrons. The third-order valence-electron chi connectivity index (χ3n) is 1.44. The van der Waals surface area contributed by atoms with Crippen molar-refractivity contribution in [2.45, 2.75) is 0 Å². The lowest BCUT2D eigenvalue weighted by Gasteiger charge is -2.06. The van der Waals surface area contributed by atoms with E-state index in [1.165, 1.54) is 11.1 Å². The molecule has 0 unspecified atom stereocenters. The van der Waals surface area contributed by atoms with Gasteiger partial charge in [-0.3, -0.25) is 0 Å². The molecular weight excluding hydrogens is 136 g/mol. The van der Waals surface area contributed by atoms with Crippen molar-refractivity contribution in [2.75, 3.05) is 0 Å². The molecule has 1 heteroatoms. The van der Waals surface area contributed by atoms with Crippen LogP contribution in [0.25, 0.3) is 12.2 Å². The smallest absolute Gasteiger partial charge is 0.0209 e. The molecule has 1 aliphatic carbocycles. The van der Waals surface area contributed by atoms with Crippen LogP contribution < -0.4 is 0 Å². The van der Waals surface area contributed by atoms with E-state index < -0.39 is 0 Å². The summed E-state index contributed by atoms with van der Waals surface area (Å²) in [5.41, 5.74) is 2.74. The Kier molecular flexibility index (Phi) is 2.34. The van der Waals surface area contributed by atoms with E-state index >= 15 is 0 Å². The van der Waals surface area contributed by atoms with Crippen LogP contribution in [0.2, 0.25) is 0 Å². The average molecular weight is 144 g/mol. The molecule has 0 saturated carbocycles. The Balaban J connectivity index is 0.000000231. The van der Waals surface area contributed by atoms with Crippen molar-refractivity contribution in [3.8, 4) is 0 Å². The molecule has 0 spiro atoms. The SMILES string of the molecule is C1=Cc2ccccc21.C=[Si]. The molecule has 1 aromatic carbocycles. The van der Waals surface area contributed by atoms with Crippen molar-refractivity contribution in [1.29, 1.82) is 0 Å². The monoisotopic (exact) mass is 144 g/mol. The second-order valence-electron chi connectivity index (χ2n) is 1.96. The van der Waals surface area contributed by atoms with Crippen LogP contribution in [0, 0.1) is 0 Å². The Morgan fingerprint density at radius 3 is 1.50 bits per heavy atom. The predicted octanol–water partition coefficient (Wildman–Crippen LogP) is 1.76. The first-order valence-corrected chi connectivity index (χ1v) is 3.80. The summed E-state index contributed by atoms with van der Waals surface area (Å²) in [7, 11) is 2.72. The number of fused-ring (bicyclic) bond motifs is 1. The van der Waals surface area contributed by atoms with Crippen molar-refractivity contribution in [2.24, 2.45) is 0 Å². The number of hydrogen-bond donors (Lipinski definition) is 0. The molecular formula is C9H8Si. The maximum Gasteiger partial charge on any atom is 0.0209 e. The van der Waals surface area contributed by atoms with Crippen LogP contribution in [-0.4, -0.2) is 16.0 Å². The van der Waals surface area contributed by atoms with Gasteiger partial charge >= 0.3 is 0 Å². The van der Waals surface area contributed by atoms with Crippen LogP contribution in [-0.2, 0) is 0 Å². The summed E-state index contributed by atoms with van der Waals surface area (Å²) < 4.78 is 0. The van der Waals surface area contributed by atoms with Gasteiger partial charge in [-0.25, -0.2) is 0 Å². The number of hydrogen-bond acceptors (Lipinski definition) is 0. The average Bonchev–Trinajstić information content (AvgIpc) is 1.96. The summed E-state index contributed by atoms with van der Waals surface area (Å²) in [6, 6.07) is 8.36. The van der Waals surface area contributed by atoms with Crippen LogP contribution in [0.5, 0.6) is 0 Å². The van der Waals surface area contributed by atoms with Crippen molar-refractivity contribution in [1.82, 2.24) is 0 Å². The van der Waals surface area contributed by atoms with Gasteiger partial charge in [0, 0.05) is 9.85 Å². The van der Waals surface area contributed by atoms with Gasteiger partial charge in [-0.05, 0) is 11.1 Å². The van der Waals surface area contributed by atoms with Gasteiger partial charge in [0.2, 0.25) is 0 Å². The van der Waals surface area contributed by atoms with Gasteiger partial charge in [-0.15, -0.1) is 6.17 Å². The first-order chi connectivity index (χ1) is 4.97. The summed E-state index contributed by atoms with van der Waals surface area (Å²) in [5, 5.41) is 0. The van der Waals surface area contributed by atoms with Gasteiger partial charge in [0.15, 0.2) is 0 Å². The van der Waals surface area contributed by atoms with E-state index in [1.54, 1.807) is 0 Å². The van der Waals surface area contributed by atoms with E-state index in [0.29, 0.717) is 0 Å². The van der Waals surface area contributed by atoms with Gasteiger partial charge in [0.05, 0.1) is 0 Å². The minimum absolute atomic E-state index is 1.37. The van der Waals surface area contributed by atoms with Crippen LogP contribution in [0.1, 0.15) is 11.1 Å². The van der Waals surface area contributed by atoms with E-state index in [9.17, 15) is 0 Å². The fraction of sp³-hybridized carbons (Fsp3) is 0. The van der Waals surface area contributed by atoms with Crippen molar-refractivity contribution in [3.05, 3.63) is 35.4 Å². The Hall–Kier alpha value is -0.953. The number of rotatable bonds is 0.